The van der Waals surface area contributed by atoms with Crippen LogP contribution in [0.4, 0.5) is 4.39 Å². The van der Waals surface area contributed by atoms with Crippen molar-refractivity contribution in [3.8, 4) is 0 Å². The van der Waals surface area contributed by atoms with Crippen LogP contribution in [0.25, 0.3) is 0 Å². The Morgan fingerprint density at radius 3 is 2.22 bits per heavy atom. The van der Waals surface area contributed by atoms with Gasteiger partial charge in [0.1, 0.15) is 6.67 Å². The Morgan fingerprint density at radius 1 is 1.17 bits per heavy atom. The number of benzene rings is 1. The lowest BCUT2D eigenvalue weighted by molar-refractivity contribution is 0.147. The standard InChI is InChI=1S/C12H16FIN2.2ClH/c13-9-12(16-7-5-15-6-8-16)10-1-3-11(14)4-2-10;;/h1-4,12,15H,5-9H2;2*1H/t12-;;/m0../s1. The predicted octanol–water partition coefficient (Wildman–Crippen LogP) is 3.05. The van der Waals surface area contributed by atoms with Crippen molar-refractivity contribution < 1.29 is 4.39 Å². The molecule has 1 aliphatic rings. The molecule has 1 aliphatic heterocycles. The Kier molecular flexibility index (Phi) is 9.51. The molecule has 1 N–H and O–H groups in total. The molecular weight excluding hydrogens is 389 g/mol. The molecular formula is C12H18Cl2FIN2. The third-order valence-corrected chi connectivity index (χ3v) is 3.71. The Bertz CT molecular complexity index is 331. The minimum absolute atomic E-state index is 0. The Morgan fingerprint density at radius 2 is 1.72 bits per heavy atom. The van der Waals surface area contributed by atoms with Crippen LogP contribution in [0.5, 0.6) is 0 Å². The summed E-state index contributed by atoms with van der Waals surface area (Å²) >= 11 is 2.27. The summed E-state index contributed by atoms with van der Waals surface area (Å²) in [5.74, 6) is 0. The summed E-state index contributed by atoms with van der Waals surface area (Å²) in [5.41, 5.74) is 1.09. The first-order valence-corrected chi connectivity index (χ1v) is 6.65. The minimum atomic E-state index is -0.305. The van der Waals surface area contributed by atoms with Crippen LogP contribution in [0.3, 0.4) is 0 Å². The molecule has 1 atom stereocenters. The van der Waals surface area contributed by atoms with E-state index in [0.717, 1.165) is 31.7 Å². The number of hydrogen-bond donors (Lipinski definition) is 1. The number of alkyl halides is 1. The maximum atomic E-state index is 13.2. The van der Waals surface area contributed by atoms with Crippen LogP contribution in [0.2, 0.25) is 0 Å². The fraction of sp³-hybridized carbons (Fsp3) is 0.500. The van der Waals surface area contributed by atoms with Gasteiger partial charge in [0, 0.05) is 29.7 Å². The smallest absolute Gasteiger partial charge is 0.109 e. The van der Waals surface area contributed by atoms with E-state index in [1.54, 1.807) is 0 Å². The van der Waals surface area contributed by atoms with Gasteiger partial charge in [-0.15, -0.1) is 24.8 Å². The van der Waals surface area contributed by atoms with Crippen LogP contribution >= 0.6 is 47.4 Å². The van der Waals surface area contributed by atoms with Crippen molar-refractivity contribution >= 4 is 47.4 Å². The molecule has 1 fully saturated rings. The zero-order valence-electron chi connectivity index (χ0n) is 9.94. The van der Waals surface area contributed by atoms with E-state index in [0.29, 0.717) is 0 Å². The van der Waals surface area contributed by atoms with E-state index in [2.05, 4.69) is 32.8 Å². The van der Waals surface area contributed by atoms with Crippen molar-refractivity contribution in [2.24, 2.45) is 0 Å². The molecule has 0 amide bonds. The van der Waals surface area contributed by atoms with Gasteiger partial charge in [-0.3, -0.25) is 4.90 Å². The van der Waals surface area contributed by atoms with Crippen LogP contribution in [0.15, 0.2) is 24.3 Å². The zero-order valence-corrected chi connectivity index (χ0v) is 13.7. The topological polar surface area (TPSA) is 15.3 Å². The van der Waals surface area contributed by atoms with Gasteiger partial charge < -0.3 is 5.32 Å². The quantitative estimate of drug-likeness (QED) is 0.776. The van der Waals surface area contributed by atoms with Gasteiger partial charge in [-0.2, -0.15) is 0 Å². The number of piperazine rings is 1. The summed E-state index contributed by atoms with van der Waals surface area (Å²) in [7, 11) is 0. The van der Waals surface area contributed by atoms with Gasteiger partial charge in [0.15, 0.2) is 0 Å². The van der Waals surface area contributed by atoms with Gasteiger partial charge in [0.25, 0.3) is 0 Å². The monoisotopic (exact) mass is 406 g/mol. The third-order valence-electron chi connectivity index (χ3n) is 2.99. The normalized spacial score (nSPS) is 17.4. The molecule has 0 radical (unpaired) electrons. The van der Waals surface area contributed by atoms with Crippen LogP contribution in [0, 0.1) is 3.57 Å². The van der Waals surface area contributed by atoms with Crippen molar-refractivity contribution in [2.45, 2.75) is 6.04 Å². The van der Waals surface area contributed by atoms with Gasteiger partial charge >= 0.3 is 0 Å². The molecule has 18 heavy (non-hydrogen) atoms. The fourth-order valence-corrected chi connectivity index (χ4v) is 2.44. The first-order chi connectivity index (χ1) is 7.81. The van der Waals surface area contributed by atoms with Crippen molar-refractivity contribution in [3.05, 3.63) is 33.4 Å². The van der Waals surface area contributed by atoms with Gasteiger partial charge in [-0.1, -0.05) is 12.1 Å². The van der Waals surface area contributed by atoms with Crippen molar-refractivity contribution in [2.75, 3.05) is 32.9 Å². The lowest BCUT2D eigenvalue weighted by atomic mass is 10.1. The molecule has 0 unspecified atom stereocenters. The average molecular weight is 407 g/mol. The second-order valence-corrected chi connectivity index (χ2v) is 5.25. The summed E-state index contributed by atoms with van der Waals surface area (Å²) in [6.07, 6.45) is 0. The number of halogens is 4. The SMILES string of the molecule is Cl.Cl.FC[C@@H](c1ccc(I)cc1)N1CCNCC1. The largest absolute Gasteiger partial charge is 0.314 e. The number of hydrogen-bond acceptors (Lipinski definition) is 2. The Hall–Kier alpha value is 0.380. The number of nitrogens with zero attached hydrogens (tertiary/aromatic N) is 1. The van der Waals surface area contributed by atoms with Gasteiger partial charge in [-0.25, -0.2) is 4.39 Å². The molecule has 0 spiro atoms. The molecule has 0 saturated carbocycles. The van der Waals surface area contributed by atoms with E-state index in [1.807, 2.05) is 24.3 Å². The highest BCUT2D eigenvalue weighted by Crippen LogP contribution is 2.22. The molecule has 1 aromatic rings. The second-order valence-electron chi connectivity index (χ2n) is 4.01. The minimum Gasteiger partial charge on any atom is -0.314 e. The van der Waals surface area contributed by atoms with E-state index in [9.17, 15) is 4.39 Å². The summed E-state index contributed by atoms with van der Waals surface area (Å²) in [6.45, 7) is 3.48. The Labute approximate surface area is 134 Å². The highest BCUT2D eigenvalue weighted by atomic mass is 127. The van der Waals surface area contributed by atoms with Crippen molar-refractivity contribution in [1.82, 2.24) is 10.2 Å². The molecule has 1 aromatic carbocycles. The van der Waals surface area contributed by atoms with Crippen LogP contribution < -0.4 is 5.32 Å². The highest BCUT2D eigenvalue weighted by molar-refractivity contribution is 14.1. The lowest BCUT2D eigenvalue weighted by Crippen LogP contribution is -2.45. The van der Waals surface area contributed by atoms with Crippen LogP contribution in [0.1, 0.15) is 11.6 Å². The molecule has 1 saturated heterocycles. The van der Waals surface area contributed by atoms with Crippen molar-refractivity contribution in [1.29, 1.82) is 0 Å². The second kappa shape index (κ2) is 9.31. The molecule has 2 nitrogen and oxygen atoms in total. The molecule has 0 aromatic heterocycles. The molecule has 0 bridgehead atoms. The first kappa shape index (κ1) is 18.4. The fourth-order valence-electron chi connectivity index (χ4n) is 2.08. The summed E-state index contributed by atoms with van der Waals surface area (Å²) in [5, 5.41) is 3.29. The maximum Gasteiger partial charge on any atom is 0.109 e. The summed E-state index contributed by atoms with van der Waals surface area (Å²) in [6, 6.07) is 8.09. The predicted molar refractivity (Wildman–Crippen MR) is 86.8 cm³/mol. The van der Waals surface area contributed by atoms with Crippen LogP contribution in [-0.2, 0) is 0 Å². The van der Waals surface area contributed by atoms with Crippen LogP contribution in [-0.4, -0.2) is 37.8 Å². The molecule has 2 rings (SSSR count). The zero-order chi connectivity index (χ0) is 11.4. The van der Waals surface area contributed by atoms with Gasteiger partial charge in [-0.05, 0) is 40.3 Å². The van der Waals surface area contributed by atoms with Gasteiger partial charge in [0.05, 0.1) is 6.04 Å². The van der Waals surface area contributed by atoms with E-state index in [-0.39, 0.29) is 37.5 Å². The molecule has 6 heteroatoms. The summed E-state index contributed by atoms with van der Waals surface area (Å²) in [4.78, 5) is 2.22. The highest BCUT2D eigenvalue weighted by Gasteiger charge is 2.21. The van der Waals surface area contributed by atoms with E-state index >= 15 is 0 Å². The van der Waals surface area contributed by atoms with E-state index in [4.69, 9.17) is 0 Å². The maximum absolute atomic E-state index is 13.2. The number of rotatable bonds is 3. The first-order valence-electron chi connectivity index (χ1n) is 5.57. The third kappa shape index (κ3) is 4.81. The van der Waals surface area contributed by atoms with Gasteiger partial charge in [0.2, 0.25) is 0 Å². The molecule has 104 valence electrons. The van der Waals surface area contributed by atoms with E-state index in [1.165, 1.54) is 3.57 Å². The van der Waals surface area contributed by atoms with E-state index < -0.39 is 0 Å². The number of nitrogens with one attached hydrogen (secondary N) is 1. The summed E-state index contributed by atoms with van der Waals surface area (Å²) < 4.78 is 14.4. The Balaban J connectivity index is 0.00000144. The van der Waals surface area contributed by atoms with Crippen molar-refractivity contribution in [3.63, 3.8) is 0 Å². The molecule has 1 heterocycles. The molecule has 0 aliphatic carbocycles. The lowest BCUT2D eigenvalue weighted by Gasteiger charge is -2.33. The average Bonchev–Trinajstić information content (AvgIpc) is 2.34.